The van der Waals surface area contributed by atoms with E-state index in [0.717, 1.165) is 0 Å². The zero-order valence-corrected chi connectivity index (χ0v) is 10.7. The van der Waals surface area contributed by atoms with E-state index in [2.05, 4.69) is 20.9 Å². The maximum atomic E-state index is 12.1. The van der Waals surface area contributed by atoms with E-state index in [1.54, 1.807) is 25.1 Å². The van der Waals surface area contributed by atoms with E-state index in [4.69, 9.17) is 4.74 Å². The second kappa shape index (κ2) is 4.71. The van der Waals surface area contributed by atoms with Crippen LogP contribution >= 0.6 is 15.9 Å². The largest absolute Gasteiger partial charge is 0.462 e. The Morgan fingerprint density at radius 1 is 1.41 bits per heavy atom. The number of esters is 1. The van der Waals surface area contributed by atoms with E-state index in [0.29, 0.717) is 15.5 Å². The van der Waals surface area contributed by atoms with Gasteiger partial charge >= 0.3 is 5.97 Å². The van der Waals surface area contributed by atoms with Crippen LogP contribution in [0.3, 0.4) is 0 Å². The molecule has 0 atom stereocenters. The first-order valence-electron chi connectivity index (χ1n) is 5.12. The molecular formula is C12H10BrNO3. The van der Waals surface area contributed by atoms with Crippen molar-refractivity contribution in [3.05, 3.63) is 44.7 Å². The Morgan fingerprint density at radius 3 is 2.82 bits per heavy atom. The lowest BCUT2D eigenvalue weighted by Crippen LogP contribution is -2.19. The van der Waals surface area contributed by atoms with Crippen LogP contribution in [-0.2, 0) is 4.74 Å². The highest BCUT2D eigenvalue weighted by molar-refractivity contribution is 9.10. The molecule has 0 aliphatic carbocycles. The lowest BCUT2D eigenvalue weighted by atomic mass is 10.1. The molecule has 0 radical (unpaired) electrons. The summed E-state index contributed by atoms with van der Waals surface area (Å²) in [6.45, 7) is 1.93. The number of carbonyl (C=O) groups is 1. The molecule has 5 heteroatoms. The number of fused-ring (bicyclic) bond motifs is 1. The number of aromatic nitrogens is 1. The van der Waals surface area contributed by atoms with Gasteiger partial charge in [0.05, 0.1) is 12.1 Å². The Hall–Kier alpha value is -1.62. The monoisotopic (exact) mass is 295 g/mol. The average Bonchev–Trinajstić information content (AvgIpc) is 2.29. The fourth-order valence-corrected chi connectivity index (χ4v) is 2.15. The number of para-hydroxylation sites is 1. The van der Waals surface area contributed by atoms with Gasteiger partial charge in [-0.3, -0.25) is 4.79 Å². The van der Waals surface area contributed by atoms with Crippen molar-refractivity contribution in [1.29, 1.82) is 0 Å². The molecule has 0 fully saturated rings. The summed E-state index contributed by atoms with van der Waals surface area (Å²) in [6, 6.07) is 7.01. The summed E-state index contributed by atoms with van der Waals surface area (Å²) in [5, 5.41) is 0.471. The number of benzene rings is 1. The van der Waals surface area contributed by atoms with Crippen LogP contribution in [0.1, 0.15) is 17.3 Å². The molecule has 1 aromatic carbocycles. The first kappa shape index (κ1) is 11.9. The van der Waals surface area contributed by atoms with Gasteiger partial charge < -0.3 is 9.72 Å². The average molecular weight is 296 g/mol. The van der Waals surface area contributed by atoms with E-state index < -0.39 is 5.97 Å². The topological polar surface area (TPSA) is 59.2 Å². The van der Waals surface area contributed by atoms with Gasteiger partial charge in [0, 0.05) is 5.39 Å². The molecule has 88 valence electrons. The Labute approximate surface area is 106 Å². The van der Waals surface area contributed by atoms with Gasteiger partial charge in [0.25, 0.3) is 0 Å². The number of H-pyrrole nitrogens is 1. The number of carbonyl (C=O) groups excluding carboxylic acids is 1. The Bertz CT molecular complexity index is 633. The lowest BCUT2D eigenvalue weighted by molar-refractivity contribution is 0.0523. The molecule has 0 aliphatic rings. The third-order valence-corrected chi connectivity index (χ3v) is 2.94. The van der Waals surface area contributed by atoms with Gasteiger partial charge in [0.1, 0.15) is 10.2 Å². The van der Waals surface area contributed by atoms with E-state index in [1.165, 1.54) is 0 Å². The lowest BCUT2D eigenvalue weighted by Gasteiger charge is -2.05. The van der Waals surface area contributed by atoms with Crippen LogP contribution in [0.15, 0.2) is 33.7 Å². The third-order valence-electron chi connectivity index (χ3n) is 2.34. The van der Waals surface area contributed by atoms with Crippen molar-refractivity contribution < 1.29 is 9.53 Å². The SMILES string of the molecule is CCOC(=O)c1c(Br)[nH]c2ccccc2c1=O. The molecule has 0 saturated heterocycles. The van der Waals surface area contributed by atoms with Gasteiger partial charge in [-0.05, 0) is 35.0 Å². The van der Waals surface area contributed by atoms with Crippen molar-refractivity contribution in [3.63, 3.8) is 0 Å². The molecule has 17 heavy (non-hydrogen) atoms. The van der Waals surface area contributed by atoms with Gasteiger partial charge in [0.2, 0.25) is 5.43 Å². The second-order valence-electron chi connectivity index (χ2n) is 3.41. The van der Waals surface area contributed by atoms with Crippen molar-refractivity contribution in [3.8, 4) is 0 Å². The van der Waals surface area contributed by atoms with Gasteiger partial charge in [0.15, 0.2) is 0 Å². The predicted molar refractivity (Wildman–Crippen MR) is 68.2 cm³/mol. The van der Waals surface area contributed by atoms with Gasteiger partial charge in [-0.25, -0.2) is 4.79 Å². The van der Waals surface area contributed by atoms with Crippen LogP contribution in [0.4, 0.5) is 0 Å². The quantitative estimate of drug-likeness (QED) is 0.684. The highest BCUT2D eigenvalue weighted by Gasteiger charge is 2.18. The van der Waals surface area contributed by atoms with E-state index >= 15 is 0 Å². The molecule has 0 spiro atoms. The van der Waals surface area contributed by atoms with Crippen molar-refractivity contribution in [2.24, 2.45) is 0 Å². The number of ether oxygens (including phenoxy) is 1. The molecule has 1 N–H and O–H groups in total. The summed E-state index contributed by atoms with van der Waals surface area (Å²) in [6.07, 6.45) is 0. The summed E-state index contributed by atoms with van der Waals surface area (Å²) in [7, 11) is 0. The van der Waals surface area contributed by atoms with Crippen LogP contribution in [0, 0.1) is 0 Å². The molecule has 2 rings (SSSR count). The minimum absolute atomic E-state index is 0.00514. The van der Waals surface area contributed by atoms with Gasteiger partial charge in [-0.15, -0.1) is 0 Å². The highest BCUT2D eigenvalue weighted by atomic mass is 79.9. The maximum Gasteiger partial charge on any atom is 0.344 e. The van der Waals surface area contributed by atoms with Crippen LogP contribution < -0.4 is 5.43 Å². The molecule has 0 bridgehead atoms. The number of hydrogen-bond acceptors (Lipinski definition) is 3. The fraction of sp³-hybridized carbons (Fsp3) is 0.167. The first-order valence-corrected chi connectivity index (χ1v) is 5.92. The maximum absolute atomic E-state index is 12.1. The molecule has 1 aromatic heterocycles. The summed E-state index contributed by atoms with van der Waals surface area (Å²) in [5.41, 5.74) is 0.354. The van der Waals surface area contributed by atoms with Crippen LogP contribution in [0.25, 0.3) is 10.9 Å². The number of pyridine rings is 1. The Morgan fingerprint density at radius 2 is 2.12 bits per heavy atom. The Balaban J connectivity index is 2.72. The van der Waals surface area contributed by atoms with E-state index in [-0.39, 0.29) is 17.6 Å². The van der Waals surface area contributed by atoms with E-state index in [1.807, 2.05) is 6.07 Å². The predicted octanol–water partition coefficient (Wildman–Crippen LogP) is 2.47. The van der Waals surface area contributed by atoms with E-state index in [9.17, 15) is 9.59 Å². The molecule has 0 aliphatic heterocycles. The Kier molecular flexibility index (Phi) is 3.28. The normalized spacial score (nSPS) is 10.5. The molecule has 4 nitrogen and oxygen atoms in total. The van der Waals surface area contributed by atoms with Gasteiger partial charge in [-0.2, -0.15) is 0 Å². The zero-order valence-electron chi connectivity index (χ0n) is 9.12. The minimum Gasteiger partial charge on any atom is -0.462 e. The summed E-state index contributed by atoms with van der Waals surface area (Å²) >= 11 is 3.18. The summed E-state index contributed by atoms with van der Waals surface area (Å²) < 4.78 is 5.20. The van der Waals surface area contributed by atoms with Crippen LogP contribution in [-0.4, -0.2) is 17.6 Å². The van der Waals surface area contributed by atoms with Crippen molar-refractivity contribution in [2.45, 2.75) is 6.92 Å². The molecule has 2 aromatic rings. The van der Waals surface area contributed by atoms with Crippen LogP contribution in [0.2, 0.25) is 0 Å². The second-order valence-corrected chi connectivity index (χ2v) is 4.20. The summed E-state index contributed by atoms with van der Waals surface area (Å²) in [5.74, 6) is -0.619. The van der Waals surface area contributed by atoms with Crippen molar-refractivity contribution >= 4 is 32.8 Å². The smallest absolute Gasteiger partial charge is 0.344 e. The van der Waals surface area contributed by atoms with Crippen molar-refractivity contribution in [1.82, 2.24) is 4.98 Å². The number of aromatic amines is 1. The standard InChI is InChI=1S/C12H10BrNO3/c1-2-17-12(16)9-10(15)7-5-3-4-6-8(7)14-11(9)13/h3-6H,2H2,1H3,(H,14,15). The molecular weight excluding hydrogens is 286 g/mol. The third kappa shape index (κ3) is 2.10. The molecule has 0 saturated carbocycles. The zero-order chi connectivity index (χ0) is 12.4. The molecule has 0 amide bonds. The van der Waals surface area contributed by atoms with Gasteiger partial charge in [-0.1, -0.05) is 12.1 Å². The summed E-state index contributed by atoms with van der Waals surface area (Å²) in [4.78, 5) is 26.7. The van der Waals surface area contributed by atoms with Crippen LogP contribution in [0.5, 0.6) is 0 Å². The molecule has 0 unspecified atom stereocenters. The number of hydrogen-bond donors (Lipinski definition) is 1. The molecule has 1 heterocycles. The fourth-order valence-electron chi connectivity index (χ4n) is 1.59. The number of halogens is 1. The minimum atomic E-state index is -0.619. The first-order chi connectivity index (χ1) is 8.15. The highest BCUT2D eigenvalue weighted by Crippen LogP contribution is 2.16. The number of nitrogens with one attached hydrogen (secondary N) is 1. The number of rotatable bonds is 2. The van der Waals surface area contributed by atoms with Crippen molar-refractivity contribution in [2.75, 3.05) is 6.61 Å².